The van der Waals surface area contributed by atoms with Crippen molar-refractivity contribution in [3.8, 4) is 0 Å². The lowest BCUT2D eigenvalue weighted by molar-refractivity contribution is -0.282. The number of carbonyl (C=O) groups excluding carboxylic acids is 5. The summed E-state index contributed by atoms with van der Waals surface area (Å²) in [4.78, 5) is 102. The number of rotatable bonds is 50. The molecule has 5 amide bonds. The van der Waals surface area contributed by atoms with E-state index in [1.807, 2.05) is 18.8 Å². The number of aliphatic hydroxyl groups excluding tert-OH is 9. The fourth-order valence-electron chi connectivity index (χ4n) is 11.7. The number of phosphoric ester groups is 1. The third kappa shape index (κ3) is 29.4. The second-order valence-corrected chi connectivity index (χ2v) is 28.3. The number of hydrogen-bond donors (Lipinski definition) is 16. The predicted molar refractivity (Wildman–Crippen MR) is 360 cm³/mol. The summed E-state index contributed by atoms with van der Waals surface area (Å²) in [5.74, 6) is -3.71. The maximum atomic E-state index is 15.5. The number of aliphatic hydroxyl groups is 9. The molecule has 0 radical (unpaired) electrons. The highest BCUT2D eigenvalue weighted by molar-refractivity contribution is 7.47. The zero-order chi connectivity index (χ0) is 76.6. The number of amides is 5. The van der Waals surface area contributed by atoms with Crippen molar-refractivity contribution in [2.75, 3.05) is 119 Å². The van der Waals surface area contributed by atoms with Gasteiger partial charge in [-0.3, -0.25) is 47.4 Å². The minimum atomic E-state index is -4.72. The van der Waals surface area contributed by atoms with Gasteiger partial charge < -0.3 is 125 Å². The van der Waals surface area contributed by atoms with Crippen molar-refractivity contribution < 1.29 is 140 Å². The Bertz CT molecular complexity index is 2730. The van der Waals surface area contributed by atoms with Gasteiger partial charge in [-0.1, -0.05) is 40.5 Å². The molecule has 0 aliphatic carbocycles. The molecule has 600 valence electrons. The molecule has 7 unspecified atom stereocenters. The van der Waals surface area contributed by atoms with Crippen molar-refractivity contribution in [3.63, 3.8) is 0 Å². The number of unbranched alkanes of at least 4 members (excludes halogenated alkanes) is 3. The second kappa shape index (κ2) is 46.0. The largest absolute Gasteiger partial charge is 0.472 e. The van der Waals surface area contributed by atoms with Crippen LogP contribution in [0.4, 0.5) is 4.39 Å². The van der Waals surface area contributed by atoms with Crippen molar-refractivity contribution in [1.29, 1.82) is 0 Å². The minimum Gasteiger partial charge on any atom is -0.394 e. The lowest BCUT2D eigenvalue weighted by Gasteiger charge is -2.41. The molecule has 5 heterocycles. The summed E-state index contributed by atoms with van der Waals surface area (Å²) in [7, 11) is -4.72. The number of nitrogens with zero attached hydrogens (tertiary/aromatic N) is 1. The Hall–Kier alpha value is -4.69. The maximum Gasteiger partial charge on any atom is 0.472 e. The SMILES string of the molecule is CC1[C@H](OCCCNC(=O)CCOCC(COCCC(=O)NCCCO[C@@H]2OC(CO)[C@H](O)[C@H](O)C2C)(COCCC(=O)NCCCO[C@@H]2OC(CO)[C@H](O)[C@H](O)C2C)NC(=O)CCCC(=O)NCCCCCCOP(=O)(O)OC[C@H]2O[C@@H](n3ccc(=O)[nH]c3=O)[C@](C)(F)[C@@H]2O)OC(CO)[C@H](O)[C@@H]1C. The normalized spacial score (nSPS) is 30.4. The molecular weight excluding hydrogens is 1410 g/mol. The van der Waals surface area contributed by atoms with E-state index in [0.29, 0.717) is 44.9 Å². The molecule has 0 aromatic carbocycles. The minimum absolute atomic E-state index is 0.0656. The van der Waals surface area contributed by atoms with Gasteiger partial charge in [-0.25, -0.2) is 13.8 Å². The van der Waals surface area contributed by atoms with Crippen molar-refractivity contribution in [1.82, 2.24) is 36.1 Å². The first kappa shape index (κ1) is 89.9. The molecule has 5 rings (SSSR count). The number of alkyl halides is 1. The number of halogens is 1. The summed E-state index contributed by atoms with van der Waals surface area (Å²) in [6, 6.07) is 0.955. The zero-order valence-electron chi connectivity index (χ0n) is 59.9. The molecule has 39 heteroatoms. The third-order valence-corrected chi connectivity index (χ3v) is 19.4. The van der Waals surface area contributed by atoms with Crippen LogP contribution in [-0.2, 0) is 85.0 Å². The Morgan fingerprint density at radius 3 is 1.41 bits per heavy atom. The molecule has 0 saturated carbocycles. The Labute approximate surface area is 602 Å². The van der Waals surface area contributed by atoms with E-state index in [1.165, 1.54) is 0 Å². The number of nitrogens with one attached hydrogen (secondary N) is 6. The van der Waals surface area contributed by atoms with Gasteiger partial charge in [0.2, 0.25) is 29.5 Å². The first-order valence-corrected chi connectivity index (χ1v) is 37.1. The van der Waals surface area contributed by atoms with Crippen LogP contribution in [0.1, 0.15) is 124 Å². The fraction of sp³-hybridized carbons (Fsp3) is 0.862. The average molecular weight is 1520 g/mol. The van der Waals surface area contributed by atoms with Crippen LogP contribution in [0.3, 0.4) is 0 Å². The summed E-state index contributed by atoms with van der Waals surface area (Å²) in [5.41, 5.74) is -5.84. The fourth-order valence-corrected chi connectivity index (χ4v) is 12.5. The van der Waals surface area contributed by atoms with Crippen LogP contribution in [0, 0.1) is 23.7 Å². The van der Waals surface area contributed by atoms with Crippen LogP contribution in [-0.4, -0.2) is 300 Å². The van der Waals surface area contributed by atoms with Gasteiger partial charge in [0.15, 0.2) is 30.8 Å². The lowest BCUT2D eigenvalue weighted by atomic mass is 9.85. The van der Waals surface area contributed by atoms with Gasteiger partial charge in [0.05, 0.1) is 111 Å². The summed E-state index contributed by atoms with van der Waals surface area (Å²) in [6.07, 6.45) is -13.0. The van der Waals surface area contributed by atoms with E-state index in [-0.39, 0.29) is 161 Å². The number of hydrogen-bond acceptors (Lipinski definition) is 29. The number of phosphoric acid groups is 1. The molecular formula is C65H113FN7O30P. The highest BCUT2D eigenvalue weighted by atomic mass is 31.2. The van der Waals surface area contributed by atoms with E-state index in [4.69, 9.17) is 56.4 Å². The summed E-state index contributed by atoms with van der Waals surface area (Å²) in [6.45, 7) is 5.22. The molecule has 4 aliphatic rings. The van der Waals surface area contributed by atoms with Gasteiger partial charge in [0.1, 0.15) is 48.3 Å². The highest BCUT2D eigenvalue weighted by Gasteiger charge is 2.56. The van der Waals surface area contributed by atoms with Crippen molar-refractivity contribution in [3.05, 3.63) is 33.1 Å². The van der Waals surface area contributed by atoms with Crippen LogP contribution in [0.2, 0.25) is 0 Å². The van der Waals surface area contributed by atoms with Gasteiger partial charge in [0.25, 0.3) is 5.56 Å². The smallest absolute Gasteiger partial charge is 0.394 e. The summed E-state index contributed by atoms with van der Waals surface area (Å²) >= 11 is 0. The summed E-state index contributed by atoms with van der Waals surface area (Å²) in [5, 5.41) is 105. The Balaban J connectivity index is 1.11. The molecule has 1 aromatic heterocycles. The number of carbonyl (C=O) groups is 5. The van der Waals surface area contributed by atoms with Crippen molar-refractivity contribution >= 4 is 37.4 Å². The van der Waals surface area contributed by atoms with E-state index in [9.17, 15) is 89.0 Å². The predicted octanol–water partition coefficient (Wildman–Crippen LogP) is -3.35. The van der Waals surface area contributed by atoms with E-state index >= 15 is 4.39 Å². The first-order valence-electron chi connectivity index (χ1n) is 35.6. The van der Waals surface area contributed by atoms with Gasteiger partial charge in [-0.05, 0) is 51.4 Å². The second-order valence-electron chi connectivity index (χ2n) is 26.9. The van der Waals surface area contributed by atoms with Crippen LogP contribution in [0.5, 0.6) is 0 Å². The third-order valence-electron chi connectivity index (χ3n) is 18.5. The average Bonchev–Trinajstić information content (AvgIpc) is 1.63. The lowest BCUT2D eigenvalue weighted by Crippen LogP contribution is -2.58. The number of H-pyrrole nitrogens is 1. The molecule has 0 spiro atoms. The topological polar surface area (TPSA) is 530 Å². The van der Waals surface area contributed by atoms with Crippen molar-refractivity contribution in [2.24, 2.45) is 23.7 Å². The Kier molecular flexibility index (Phi) is 39.7. The van der Waals surface area contributed by atoms with Crippen molar-refractivity contribution in [2.45, 2.75) is 215 Å². The summed E-state index contributed by atoms with van der Waals surface area (Å²) < 4.78 is 96.8. The standard InChI is InChI=1S/C65H113FN7O30P/c1-39-40(2)59(100-43(32-74)53(39)83)95-25-11-21-68-48(78)17-29-92-36-65(37-93-30-18-49(79)69-22-12-26-96-60-41(3)54(84)56(86)44(33-75)101-60,38-94-31-19-50(80)70-23-13-27-97-61-42(4)55(85)57(87)45(34-76)102-61)72-52(82)15-10-14-47(77)67-20-8-6-7-9-28-98-104(90,91)99-35-46-58(88)64(5,66)62(103-46)73-24-16-51(81)71-63(73)89/h16,24,39-46,53-62,74-76,83-88H,6-15,17-23,25-38H2,1-5H3,(H,67,77)(H,68,78)(H,69,79)(H,70,80)(H,72,82)(H,90,91)(H,71,81,89)/t39-,40?,41?,42?,43?,44?,45?,46-,53-,54-,55-,56+,57+,58-,59-,60-,61-,62-,64-,65?/m1/s1. The first-order chi connectivity index (χ1) is 49.5. The van der Waals surface area contributed by atoms with E-state index < -0.39 is 166 Å². The highest BCUT2D eigenvalue weighted by Crippen LogP contribution is 2.47. The van der Waals surface area contributed by atoms with Gasteiger partial charge in [-0.2, -0.15) is 0 Å². The van der Waals surface area contributed by atoms with Crippen LogP contribution in [0.15, 0.2) is 21.9 Å². The molecule has 0 bridgehead atoms. The molecule has 16 N–H and O–H groups in total. The van der Waals surface area contributed by atoms with E-state index in [2.05, 4.69) is 26.6 Å². The van der Waals surface area contributed by atoms with Crippen LogP contribution >= 0.6 is 7.82 Å². The number of aromatic nitrogens is 2. The zero-order valence-corrected chi connectivity index (χ0v) is 60.8. The number of ether oxygens (including phenoxy) is 10. The van der Waals surface area contributed by atoms with Gasteiger partial charge >= 0.3 is 13.5 Å². The van der Waals surface area contributed by atoms with Gasteiger partial charge in [0, 0.05) is 88.3 Å². The molecule has 1 aromatic rings. The molecule has 37 nitrogen and oxygen atoms in total. The molecule has 20 atom stereocenters. The van der Waals surface area contributed by atoms with E-state index in [0.717, 1.165) is 23.8 Å². The number of aromatic amines is 1. The molecule has 4 fully saturated rings. The van der Waals surface area contributed by atoms with Crippen LogP contribution < -0.4 is 37.8 Å². The Morgan fingerprint density at radius 2 is 0.952 bits per heavy atom. The quantitative estimate of drug-likeness (QED) is 0.0224. The van der Waals surface area contributed by atoms with Crippen LogP contribution in [0.25, 0.3) is 0 Å². The van der Waals surface area contributed by atoms with E-state index in [1.54, 1.807) is 13.8 Å². The molecule has 4 saturated heterocycles. The van der Waals surface area contributed by atoms with Gasteiger partial charge in [-0.15, -0.1) is 0 Å². The monoisotopic (exact) mass is 1520 g/mol. The Morgan fingerprint density at radius 1 is 0.529 bits per heavy atom. The molecule has 104 heavy (non-hydrogen) atoms. The molecule has 4 aliphatic heterocycles. The maximum absolute atomic E-state index is 15.5.